The van der Waals surface area contributed by atoms with E-state index in [1.165, 1.54) is 7.11 Å². The summed E-state index contributed by atoms with van der Waals surface area (Å²) in [5.74, 6) is 0.157. The fourth-order valence-electron chi connectivity index (χ4n) is 3.21. The first-order valence-electron chi connectivity index (χ1n) is 9.09. The molecule has 1 aromatic carbocycles. The zero-order chi connectivity index (χ0) is 20.3. The number of aromatic nitrogens is 3. The van der Waals surface area contributed by atoms with E-state index in [1.807, 2.05) is 18.2 Å². The molecule has 0 saturated carbocycles. The minimum Gasteiger partial charge on any atom is -0.465 e. The minimum atomic E-state index is -0.389. The molecule has 0 saturated heterocycles. The van der Waals surface area contributed by atoms with Crippen LogP contribution < -0.4 is 5.73 Å². The Morgan fingerprint density at radius 1 is 0.964 bits per heavy atom. The van der Waals surface area contributed by atoms with Crippen molar-refractivity contribution in [2.24, 2.45) is 5.92 Å². The molecule has 0 radical (unpaired) electrons. The summed E-state index contributed by atoms with van der Waals surface area (Å²) in [5, 5.41) is 0. The highest BCUT2D eigenvalue weighted by molar-refractivity contribution is 5.88. The average Bonchev–Trinajstić information content (AvgIpc) is 2.73. The molecule has 0 fully saturated rings. The van der Waals surface area contributed by atoms with E-state index in [0.29, 0.717) is 5.56 Å². The van der Waals surface area contributed by atoms with Gasteiger partial charge in [-0.15, -0.1) is 0 Å². The monoisotopic (exact) mass is 376 g/mol. The minimum absolute atomic E-state index is 0.259. The third-order valence-electron chi connectivity index (χ3n) is 5.36. The molecule has 0 aliphatic heterocycles. The van der Waals surface area contributed by atoms with Crippen molar-refractivity contribution in [2.75, 3.05) is 12.8 Å². The number of rotatable bonds is 5. The van der Waals surface area contributed by atoms with Crippen LogP contribution >= 0.6 is 0 Å². The van der Waals surface area contributed by atoms with Gasteiger partial charge < -0.3 is 10.5 Å². The maximum atomic E-state index is 11.7. The van der Waals surface area contributed by atoms with E-state index in [0.717, 1.165) is 22.4 Å². The number of methoxy groups -OCH3 is 1. The predicted molar refractivity (Wildman–Crippen MR) is 109 cm³/mol. The van der Waals surface area contributed by atoms with Crippen LogP contribution in [-0.4, -0.2) is 28.0 Å². The first-order valence-corrected chi connectivity index (χ1v) is 9.09. The molecule has 28 heavy (non-hydrogen) atoms. The molecular weight excluding hydrogens is 352 g/mol. The third-order valence-corrected chi connectivity index (χ3v) is 5.36. The Bertz CT molecular complexity index is 951. The Kier molecular flexibility index (Phi) is 5.40. The molecule has 0 bridgehead atoms. The number of hydrogen-bond donors (Lipinski definition) is 1. The summed E-state index contributed by atoms with van der Waals surface area (Å²) in [6.07, 6.45) is 5.00. The van der Waals surface area contributed by atoms with Gasteiger partial charge in [0, 0.05) is 29.6 Å². The van der Waals surface area contributed by atoms with Crippen molar-refractivity contribution < 1.29 is 9.53 Å². The van der Waals surface area contributed by atoms with E-state index < -0.39 is 0 Å². The fourth-order valence-corrected chi connectivity index (χ4v) is 3.21. The predicted octanol–water partition coefficient (Wildman–Crippen LogP) is 3.87. The largest absolute Gasteiger partial charge is 0.465 e. The van der Waals surface area contributed by atoms with E-state index in [4.69, 9.17) is 10.5 Å². The number of hydrogen-bond acceptors (Lipinski definition) is 6. The molecule has 3 aromatic rings. The highest BCUT2D eigenvalue weighted by atomic mass is 16.5. The number of benzene rings is 1. The van der Waals surface area contributed by atoms with Gasteiger partial charge in [0.15, 0.2) is 0 Å². The SMILES string of the molecule is COC(=O)c1ccc(C(C)(c2ccc(-c3cnc(N)nc3)cc2)C(C)C)nc1. The molecule has 0 aliphatic rings. The molecule has 2 N–H and O–H groups in total. The number of anilines is 1. The maximum absolute atomic E-state index is 11.7. The van der Waals surface area contributed by atoms with E-state index in [2.05, 4.69) is 47.9 Å². The standard InChI is InChI=1S/C22H24N4O2/c1-14(2)22(3,19-10-7-16(11-24-19)20(27)28-4)18-8-5-15(6-9-18)17-12-25-21(23)26-13-17/h5-14H,1-4H3,(H2,23,25,26). The number of nitrogens with zero attached hydrogens (tertiary/aromatic N) is 3. The topological polar surface area (TPSA) is 91.0 Å². The van der Waals surface area contributed by atoms with Crippen molar-refractivity contribution in [2.45, 2.75) is 26.2 Å². The van der Waals surface area contributed by atoms with Crippen LogP contribution in [0, 0.1) is 5.92 Å². The van der Waals surface area contributed by atoms with Gasteiger partial charge in [-0.3, -0.25) is 4.98 Å². The highest BCUT2D eigenvalue weighted by Crippen LogP contribution is 2.38. The van der Waals surface area contributed by atoms with Crippen molar-refractivity contribution >= 4 is 11.9 Å². The molecule has 144 valence electrons. The fraction of sp³-hybridized carbons (Fsp3) is 0.273. The van der Waals surface area contributed by atoms with Gasteiger partial charge in [0.25, 0.3) is 0 Å². The number of esters is 1. The summed E-state index contributed by atoms with van der Waals surface area (Å²) < 4.78 is 4.76. The first-order chi connectivity index (χ1) is 13.4. The second-order valence-electron chi connectivity index (χ2n) is 7.19. The zero-order valence-corrected chi connectivity index (χ0v) is 16.5. The third kappa shape index (κ3) is 3.58. The van der Waals surface area contributed by atoms with E-state index in [1.54, 1.807) is 24.7 Å². The van der Waals surface area contributed by atoms with Crippen molar-refractivity contribution in [1.82, 2.24) is 15.0 Å². The van der Waals surface area contributed by atoms with Gasteiger partial charge in [0.05, 0.1) is 18.4 Å². The second-order valence-corrected chi connectivity index (χ2v) is 7.19. The molecule has 0 amide bonds. The van der Waals surface area contributed by atoms with Crippen molar-refractivity contribution in [3.8, 4) is 11.1 Å². The summed E-state index contributed by atoms with van der Waals surface area (Å²) in [6.45, 7) is 6.49. The maximum Gasteiger partial charge on any atom is 0.339 e. The molecule has 1 atom stereocenters. The van der Waals surface area contributed by atoms with Gasteiger partial charge in [0.2, 0.25) is 5.95 Å². The van der Waals surface area contributed by atoms with E-state index in [9.17, 15) is 4.79 Å². The summed E-state index contributed by atoms with van der Waals surface area (Å²) >= 11 is 0. The normalized spacial score (nSPS) is 13.2. The Balaban J connectivity index is 1.97. The Morgan fingerprint density at radius 3 is 2.11 bits per heavy atom. The highest BCUT2D eigenvalue weighted by Gasteiger charge is 2.34. The molecule has 6 nitrogen and oxygen atoms in total. The number of carbonyl (C=O) groups is 1. The summed E-state index contributed by atoms with van der Waals surface area (Å²) in [7, 11) is 1.36. The number of pyridine rings is 1. The van der Waals surface area contributed by atoms with Crippen LogP contribution in [0.3, 0.4) is 0 Å². The van der Waals surface area contributed by atoms with Crippen LogP contribution in [0.1, 0.15) is 42.4 Å². The number of nitrogen functional groups attached to an aromatic ring is 1. The van der Waals surface area contributed by atoms with Crippen LogP contribution in [0.25, 0.3) is 11.1 Å². The lowest BCUT2D eigenvalue weighted by molar-refractivity contribution is 0.0600. The molecule has 2 aromatic heterocycles. The van der Waals surface area contributed by atoms with Gasteiger partial charge in [-0.05, 0) is 36.1 Å². The number of nitrogens with two attached hydrogens (primary N) is 1. The van der Waals surface area contributed by atoms with E-state index in [-0.39, 0.29) is 23.3 Å². The van der Waals surface area contributed by atoms with Gasteiger partial charge >= 0.3 is 5.97 Å². The molecule has 2 heterocycles. The lowest BCUT2D eigenvalue weighted by Gasteiger charge is -2.34. The van der Waals surface area contributed by atoms with Crippen LogP contribution in [0.15, 0.2) is 55.0 Å². The van der Waals surface area contributed by atoms with Gasteiger partial charge in [-0.1, -0.05) is 38.1 Å². The van der Waals surface area contributed by atoms with Gasteiger partial charge in [0.1, 0.15) is 0 Å². The van der Waals surface area contributed by atoms with Crippen LogP contribution in [0.2, 0.25) is 0 Å². The average molecular weight is 376 g/mol. The Morgan fingerprint density at radius 2 is 1.61 bits per heavy atom. The number of ether oxygens (including phenoxy) is 1. The number of carbonyl (C=O) groups excluding carboxylic acids is 1. The van der Waals surface area contributed by atoms with Crippen LogP contribution in [0.4, 0.5) is 5.95 Å². The van der Waals surface area contributed by atoms with Crippen LogP contribution in [0.5, 0.6) is 0 Å². The smallest absolute Gasteiger partial charge is 0.339 e. The van der Waals surface area contributed by atoms with Gasteiger partial charge in [-0.2, -0.15) is 0 Å². The van der Waals surface area contributed by atoms with Crippen LogP contribution in [-0.2, 0) is 10.2 Å². The molecule has 1 unspecified atom stereocenters. The zero-order valence-electron chi connectivity index (χ0n) is 16.5. The quantitative estimate of drug-likeness (QED) is 0.680. The first kappa shape index (κ1) is 19.5. The Hall–Kier alpha value is -3.28. The lowest BCUT2D eigenvalue weighted by atomic mass is 9.70. The molecule has 0 spiro atoms. The van der Waals surface area contributed by atoms with Gasteiger partial charge in [-0.25, -0.2) is 14.8 Å². The second kappa shape index (κ2) is 7.76. The molecule has 0 aliphatic carbocycles. The Labute approximate surface area is 164 Å². The summed E-state index contributed by atoms with van der Waals surface area (Å²) in [4.78, 5) is 24.4. The summed E-state index contributed by atoms with van der Waals surface area (Å²) in [6, 6.07) is 12.0. The lowest BCUT2D eigenvalue weighted by Crippen LogP contribution is -2.31. The molecule has 3 rings (SSSR count). The molecule has 6 heteroatoms. The van der Waals surface area contributed by atoms with Crippen molar-refractivity contribution in [1.29, 1.82) is 0 Å². The van der Waals surface area contributed by atoms with E-state index >= 15 is 0 Å². The van der Waals surface area contributed by atoms with Crippen molar-refractivity contribution in [3.05, 3.63) is 71.8 Å². The van der Waals surface area contributed by atoms with Crippen molar-refractivity contribution in [3.63, 3.8) is 0 Å². The summed E-state index contributed by atoms with van der Waals surface area (Å²) in [5.41, 5.74) is 9.66. The molecular formula is C22H24N4O2.